The fourth-order valence-electron chi connectivity index (χ4n) is 1.43. The van der Waals surface area contributed by atoms with Crippen LogP contribution in [0.4, 0.5) is 0 Å². The largest absolute Gasteiger partial charge is 0.381 e. The summed E-state index contributed by atoms with van der Waals surface area (Å²) >= 11 is 0. The van der Waals surface area contributed by atoms with Crippen molar-refractivity contribution >= 4 is 10.2 Å². The Kier molecular flexibility index (Phi) is 11.5. The van der Waals surface area contributed by atoms with Crippen LogP contribution in [0, 0.1) is 0 Å². The Morgan fingerprint density at radius 1 is 1.11 bits per heavy atom. The van der Waals surface area contributed by atoms with Crippen molar-refractivity contribution in [2.24, 2.45) is 0 Å². The molecule has 0 radical (unpaired) electrons. The molecule has 0 aromatic rings. The Morgan fingerprint density at radius 3 is 2.42 bits per heavy atom. The molecule has 0 atom stereocenters. The fourth-order valence-corrected chi connectivity index (χ4v) is 2.42. The minimum Gasteiger partial charge on any atom is -0.381 e. The van der Waals surface area contributed by atoms with Gasteiger partial charge < -0.3 is 10.1 Å². The molecular weight excluding hydrogens is 266 g/mol. The first kappa shape index (κ1) is 18.8. The molecular formula is C12H29N3O3S. The molecule has 0 saturated heterocycles. The maximum absolute atomic E-state index is 11.8. The van der Waals surface area contributed by atoms with Gasteiger partial charge in [-0.3, -0.25) is 0 Å². The van der Waals surface area contributed by atoms with E-state index in [4.69, 9.17) is 4.74 Å². The molecule has 0 aliphatic heterocycles. The van der Waals surface area contributed by atoms with Crippen molar-refractivity contribution in [1.82, 2.24) is 14.3 Å². The summed E-state index contributed by atoms with van der Waals surface area (Å²) < 4.78 is 32.9. The van der Waals surface area contributed by atoms with E-state index in [2.05, 4.69) is 17.0 Å². The van der Waals surface area contributed by atoms with Crippen LogP contribution in [0.1, 0.15) is 32.6 Å². The third-order valence-electron chi connectivity index (χ3n) is 2.70. The van der Waals surface area contributed by atoms with Gasteiger partial charge in [0.05, 0.1) is 0 Å². The Morgan fingerprint density at radius 2 is 1.79 bits per heavy atom. The lowest BCUT2D eigenvalue weighted by molar-refractivity contribution is 0.129. The second-order valence-corrected chi connectivity index (χ2v) is 6.36. The molecule has 0 heterocycles. The minimum atomic E-state index is -3.34. The monoisotopic (exact) mass is 295 g/mol. The average molecular weight is 295 g/mol. The Labute approximate surface area is 118 Å². The third-order valence-corrected chi connectivity index (χ3v) is 4.27. The standard InChI is InChI=1S/C12H29N3O3S/c1-4-5-11-18-12-7-9-14-19(16,17)15(3)10-6-8-13-2/h13-14H,4-12H2,1-3H3. The van der Waals surface area contributed by atoms with E-state index in [1.54, 1.807) is 7.05 Å². The Bertz CT molecular complexity index is 297. The van der Waals surface area contributed by atoms with Crippen LogP contribution in [0.2, 0.25) is 0 Å². The highest BCUT2D eigenvalue weighted by atomic mass is 32.2. The lowest BCUT2D eigenvalue weighted by Crippen LogP contribution is -2.39. The maximum atomic E-state index is 11.8. The van der Waals surface area contributed by atoms with Crippen LogP contribution in [0.5, 0.6) is 0 Å². The van der Waals surface area contributed by atoms with E-state index < -0.39 is 10.2 Å². The summed E-state index contributed by atoms with van der Waals surface area (Å²) in [5.74, 6) is 0. The van der Waals surface area contributed by atoms with Gasteiger partial charge in [-0.2, -0.15) is 12.7 Å². The summed E-state index contributed by atoms with van der Waals surface area (Å²) in [7, 11) is 0.107. The summed E-state index contributed by atoms with van der Waals surface area (Å²) in [6.07, 6.45) is 3.67. The van der Waals surface area contributed by atoms with Crippen molar-refractivity contribution in [3.8, 4) is 0 Å². The summed E-state index contributed by atoms with van der Waals surface area (Å²) in [6, 6.07) is 0. The van der Waals surface area contributed by atoms with Crippen molar-refractivity contribution < 1.29 is 13.2 Å². The molecule has 19 heavy (non-hydrogen) atoms. The molecule has 2 N–H and O–H groups in total. The van der Waals surface area contributed by atoms with E-state index >= 15 is 0 Å². The fraction of sp³-hybridized carbons (Fsp3) is 1.00. The number of ether oxygens (including phenoxy) is 1. The minimum absolute atomic E-state index is 0.421. The van der Waals surface area contributed by atoms with Crippen LogP contribution < -0.4 is 10.0 Å². The number of rotatable bonds is 13. The number of hydrogen-bond donors (Lipinski definition) is 2. The van der Waals surface area contributed by atoms with Crippen LogP contribution >= 0.6 is 0 Å². The van der Waals surface area contributed by atoms with Gasteiger partial charge in [0.25, 0.3) is 10.2 Å². The molecule has 0 aliphatic carbocycles. The summed E-state index contributed by atoms with van der Waals surface area (Å²) in [5.41, 5.74) is 0. The van der Waals surface area contributed by atoms with Gasteiger partial charge in [-0.1, -0.05) is 13.3 Å². The van der Waals surface area contributed by atoms with Gasteiger partial charge in [-0.25, -0.2) is 4.72 Å². The quantitative estimate of drug-likeness (QED) is 0.487. The number of nitrogens with zero attached hydrogens (tertiary/aromatic N) is 1. The zero-order valence-electron chi connectivity index (χ0n) is 12.4. The van der Waals surface area contributed by atoms with Crippen LogP contribution in [0.25, 0.3) is 0 Å². The highest BCUT2D eigenvalue weighted by Gasteiger charge is 2.15. The first-order valence-electron chi connectivity index (χ1n) is 6.98. The molecule has 0 aliphatic rings. The van der Waals surface area contributed by atoms with Gasteiger partial charge in [0.15, 0.2) is 0 Å². The second kappa shape index (κ2) is 11.6. The van der Waals surface area contributed by atoms with E-state index in [9.17, 15) is 8.42 Å². The van der Waals surface area contributed by atoms with Crippen molar-refractivity contribution in [3.63, 3.8) is 0 Å². The van der Waals surface area contributed by atoms with E-state index in [0.717, 1.165) is 32.4 Å². The Hall–Kier alpha value is -0.210. The maximum Gasteiger partial charge on any atom is 0.279 e. The van der Waals surface area contributed by atoms with Gasteiger partial charge in [0, 0.05) is 33.4 Å². The van der Waals surface area contributed by atoms with Crippen molar-refractivity contribution in [1.29, 1.82) is 0 Å². The predicted octanol–water partition coefficient (Wildman–Crippen LogP) is 0.569. The van der Waals surface area contributed by atoms with E-state index in [0.29, 0.717) is 26.1 Å². The molecule has 0 spiro atoms. The smallest absolute Gasteiger partial charge is 0.279 e. The second-order valence-electron chi connectivity index (χ2n) is 4.50. The molecule has 116 valence electrons. The first-order valence-corrected chi connectivity index (χ1v) is 8.42. The van der Waals surface area contributed by atoms with Gasteiger partial charge in [-0.15, -0.1) is 0 Å². The van der Waals surface area contributed by atoms with Crippen molar-refractivity contribution in [2.45, 2.75) is 32.6 Å². The molecule has 6 nitrogen and oxygen atoms in total. The Balaban J connectivity index is 3.66. The van der Waals surface area contributed by atoms with Gasteiger partial charge >= 0.3 is 0 Å². The molecule has 0 amide bonds. The molecule has 0 aromatic carbocycles. The summed E-state index contributed by atoms with van der Waals surface area (Å²) in [6.45, 7) is 5.22. The number of hydrogen-bond acceptors (Lipinski definition) is 4. The molecule has 0 aromatic heterocycles. The average Bonchev–Trinajstić information content (AvgIpc) is 2.37. The zero-order valence-corrected chi connectivity index (χ0v) is 13.3. The summed E-state index contributed by atoms with van der Waals surface area (Å²) in [4.78, 5) is 0. The SMILES string of the molecule is CCCCOCCCNS(=O)(=O)N(C)CCCNC. The highest BCUT2D eigenvalue weighted by Crippen LogP contribution is 1.96. The predicted molar refractivity (Wildman–Crippen MR) is 78.4 cm³/mol. The van der Waals surface area contributed by atoms with Gasteiger partial charge in [0.2, 0.25) is 0 Å². The lowest BCUT2D eigenvalue weighted by Gasteiger charge is -2.17. The van der Waals surface area contributed by atoms with Crippen LogP contribution in [-0.2, 0) is 14.9 Å². The number of nitrogens with one attached hydrogen (secondary N) is 2. The molecule has 0 bridgehead atoms. The number of unbranched alkanes of at least 4 members (excludes halogenated alkanes) is 1. The van der Waals surface area contributed by atoms with Crippen LogP contribution in [-0.4, -0.2) is 59.7 Å². The molecule has 0 saturated carbocycles. The molecule has 0 rings (SSSR count). The van der Waals surface area contributed by atoms with Crippen LogP contribution in [0.3, 0.4) is 0 Å². The van der Waals surface area contributed by atoms with Crippen molar-refractivity contribution in [2.75, 3.05) is 46.9 Å². The first-order chi connectivity index (χ1) is 9.04. The molecule has 0 fully saturated rings. The lowest BCUT2D eigenvalue weighted by atomic mass is 10.4. The normalized spacial score (nSPS) is 12.2. The van der Waals surface area contributed by atoms with E-state index in [1.165, 1.54) is 4.31 Å². The van der Waals surface area contributed by atoms with E-state index in [-0.39, 0.29) is 0 Å². The van der Waals surface area contributed by atoms with E-state index in [1.807, 2.05) is 7.05 Å². The topological polar surface area (TPSA) is 70.7 Å². The third kappa shape index (κ3) is 10.3. The molecule has 0 unspecified atom stereocenters. The van der Waals surface area contributed by atoms with Crippen LogP contribution in [0.15, 0.2) is 0 Å². The highest BCUT2D eigenvalue weighted by molar-refractivity contribution is 7.87. The van der Waals surface area contributed by atoms with Crippen molar-refractivity contribution in [3.05, 3.63) is 0 Å². The van der Waals surface area contributed by atoms with Gasteiger partial charge in [-0.05, 0) is 32.9 Å². The summed E-state index contributed by atoms with van der Waals surface area (Å²) in [5, 5.41) is 2.99. The molecule has 7 heteroatoms. The van der Waals surface area contributed by atoms with Gasteiger partial charge in [0.1, 0.15) is 0 Å². The zero-order chi connectivity index (χ0) is 14.6.